The third kappa shape index (κ3) is 2.80. The van der Waals surface area contributed by atoms with Crippen molar-refractivity contribution in [2.75, 3.05) is 7.05 Å². The van der Waals surface area contributed by atoms with Gasteiger partial charge in [0.25, 0.3) is 11.1 Å². The zero-order valence-electron chi connectivity index (χ0n) is 12.0. The van der Waals surface area contributed by atoms with Crippen molar-refractivity contribution in [1.82, 2.24) is 4.90 Å². The number of rotatable bonds is 3. The molecule has 0 radical (unpaired) electrons. The molecule has 0 aliphatic carbocycles. The SMILES string of the molecule is CN1C(=O)SC(N=C(c2ccccc2)c2ccccc2)C1=O. The highest BCUT2D eigenvalue weighted by Gasteiger charge is 2.37. The van der Waals surface area contributed by atoms with E-state index in [1.165, 1.54) is 7.05 Å². The minimum Gasteiger partial charge on any atom is -0.274 e. The van der Waals surface area contributed by atoms with Crippen LogP contribution in [0.2, 0.25) is 0 Å². The summed E-state index contributed by atoms with van der Waals surface area (Å²) in [5, 5.41) is -0.980. The fourth-order valence-electron chi connectivity index (χ4n) is 2.19. The van der Waals surface area contributed by atoms with Gasteiger partial charge in [0.15, 0.2) is 5.37 Å². The van der Waals surface area contributed by atoms with Crippen LogP contribution in [0, 0.1) is 0 Å². The monoisotopic (exact) mass is 310 g/mol. The van der Waals surface area contributed by atoms with E-state index in [0.717, 1.165) is 33.5 Å². The normalized spacial score (nSPS) is 17.7. The van der Waals surface area contributed by atoms with Crippen molar-refractivity contribution in [2.45, 2.75) is 5.37 Å². The Bertz CT molecular complexity index is 687. The molecule has 1 heterocycles. The average Bonchev–Trinajstić information content (AvgIpc) is 2.81. The highest BCUT2D eigenvalue weighted by Crippen LogP contribution is 2.27. The van der Waals surface area contributed by atoms with Crippen LogP contribution in [0.4, 0.5) is 4.79 Å². The fraction of sp³-hybridized carbons (Fsp3) is 0.118. The Balaban J connectivity index is 2.05. The van der Waals surface area contributed by atoms with Crippen LogP contribution in [0.3, 0.4) is 0 Å². The van der Waals surface area contributed by atoms with Crippen molar-refractivity contribution >= 4 is 28.6 Å². The number of likely N-dealkylation sites (N-methyl/N-ethyl adjacent to an activating group) is 1. The topological polar surface area (TPSA) is 49.7 Å². The fourth-order valence-corrected chi connectivity index (χ4v) is 3.04. The number of hydrogen-bond donors (Lipinski definition) is 0. The second kappa shape index (κ2) is 6.15. The summed E-state index contributed by atoms with van der Waals surface area (Å²) >= 11 is 0.949. The van der Waals surface area contributed by atoms with Crippen LogP contribution in [-0.4, -0.2) is 34.2 Å². The van der Waals surface area contributed by atoms with Crippen LogP contribution in [0.15, 0.2) is 65.7 Å². The summed E-state index contributed by atoms with van der Waals surface area (Å²) < 4.78 is 0. The molecule has 0 bridgehead atoms. The van der Waals surface area contributed by atoms with Gasteiger partial charge in [-0.2, -0.15) is 0 Å². The number of thioether (sulfide) groups is 1. The van der Waals surface area contributed by atoms with Gasteiger partial charge in [0.1, 0.15) is 0 Å². The number of carbonyl (C=O) groups excluding carboxylic acids is 2. The Hall–Kier alpha value is -2.40. The molecule has 0 aromatic heterocycles. The maximum absolute atomic E-state index is 12.1. The minimum absolute atomic E-state index is 0.265. The van der Waals surface area contributed by atoms with Crippen LogP contribution in [-0.2, 0) is 4.79 Å². The highest BCUT2D eigenvalue weighted by atomic mass is 32.2. The van der Waals surface area contributed by atoms with E-state index in [2.05, 4.69) is 4.99 Å². The number of carbonyl (C=O) groups is 2. The Morgan fingerprint density at radius 2 is 1.45 bits per heavy atom. The molecular weight excluding hydrogens is 296 g/mol. The molecule has 0 spiro atoms. The Labute approximate surface area is 132 Å². The minimum atomic E-state index is -0.715. The number of aliphatic imine (C=N–C) groups is 1. The molecule has 2 amide bonds. The number of imide groups is 1. The van der Waals surface area contributed by atoms with Crippen molar-refractivity contribution in [3.8, 4) is 0 Å². The molecular formula is C17H14N2O2S. The van der Waals surface area contributed by atoms with Gasteiger partial charge in [0.2, 0.25) is 0 Å². The molecule has 5 heteroatoms. The molecule has 1 unspecified atom stereocenters. The van der Waals surface area contributed by atoms with Crippen LogP contribution in [0.25, 0.3) is 0 Å². The number of benzene rings is 2. The lowest BCUT2D eigenvalue weighted by Crippen LogP contribution is -2.27. The van der Waals surface area contributed by atoms with E-state index >= 15 is 0 Å². The molecule has 1 aliphatic rings. The van der Waals surface area contributed by atoms with Crippen LogP contribution < -0.4 is 0 Å². The summed E-state index contributed by atoms with van der Waals surface area (Å²) in [5.74, 6) is -0.278. The van der Waals surface area contributed by atoms with Gasteiger partial charge in [0, 0.05) is 18.2 Å². The average molecular weight is 310 g/mol. The second-order valence-electron chi connectivity index (χ2n) is 4.84. The van der Waals surface area contributed by atoms with Gasteiger partial charge in [-0.05, 0) is 11.8 Å². The maximum atomic E-state index is 12.1. The number of nitrogens with zero attached hydrogens (tertiary/aromatic N) is 2. The largest absolute Gasteiger partial charge is 0.290 e. The molecule has 1 saturated heterocycles. The summed E-state index contributed by atoms with van der Waals surface area (Å²) in [6.45, 7) is 0. The summed E-state index contributed by atoms with van der Waals surface area (Å²) in [6, 6.07) is 19.3. The number of amides is 2. The van der Waals surface area contributed by atoms with E-state index in [1.807, 2.05) is 60.7 Å². The first-order chi connectivity index (χ1) is 10.7. The molecule has 1 aliphatic heterocycles. The quantitative estimate of drug-likeness (QED) is 0.818. The lowest BCUT2D eigenvalue weighted by Gasteiger charge is -2.10. The molecule has 2 aromatic carbocycles. The zero-order valence-corrected chi connectivity index (χ0v) is 12.8. The first-order valence-electron chi connectivity index (χ1n) is 6.83. The van der Waals surface area contributed by atoms with Crippen molar-refractivity contribution in [3.63, 3.8) is 0 Å². The van der Waals surface area contributed by atoms with Gasteiger partial charge in [-0.15, -0.1) is 0 Å². The van der Waals surface area contributed by atoms with Crippen molar-refractivity contribution in [3.05, 3.63) is 71.8 Å². The highest BCUT2D eigenvalue weighted by molar-refractivity contribution is 8.15. The Morgan fingerprint density at radius 3 is 1.86 bits per heavy atom. The van der Waals surface area contributed by atoms with E-state index < -0.39 is 5.37 Å². The molecule has 0 saturated carbocycles. The third-order valence-corrected chi connectivity index (χ3v) is 4.37. The van der Waals surface area contributed by atoms with Crippen LogP contribution in [0.5, 0.6) is 0 Å². The first kappa shape index (κ1) is 14.5. The second-order valence-corrected chi connectivity index (χ2v) is 5.87. The molecule has 110 valence electrons. The Morgan fingerprint density at radius 1 is 0.955 bits per heavy atom. The van der Waals surface area contributed by atoms with E-state index in [-0.39, 0.29) is 11.1 Å². The lowest BCUT2D eigenvalue weighted by atomic mass is 10.0. The van der Waals surface area contributed by atoms with Crippen LogP contribution >= 0.6 is 11.8 Å². The molecule has 1 fully saturated rings. The summed E-state index contributed by atoms with van der Waals surface area (Å²) in [6.07, 6.45) is 0. The van der Waals surface area contributed by atoms with Crippen LogP contribution in [0.1, 0.15) is 11.1 Å². The Kier molecular flexibility index (Phi) is 4.06. The van der Waals surface area contributed by atoms with E-state index in [1.54, 1.807) is 0 Å². The molecule has 1 atom stereocenters. The van der Waals surface area contributed by atoms with Crippen molar-refractivity contribution in [2.24, 2.45) is 4.99 Å². The predicted octanol–water partition coefficient (Wildman–Crippen LogP) is 3.18. The van der Waals surface area contributed by atoms with E-state index in [4.69, 9.17) is 0 Å². The van der Waals surface area contributed by atoms with E-state index in [0.29, 0.717) is 0 Å². The maximum Gasteiger partial charge on any atom is 0.290 e. The van der Waals surface area contributed by atoms with Crippen molar-refractivity contribution < 1.29 is 9.59 Å². The summed E-state index contributed by atoms with van der Waals surface area (Å²) in [4.78, 5) is 29.4. The molecule has 0 N–H and O–H groups in total. The van der Waals surface area contributed by atoms with Gasteiger partial charge >= 0.3 is 0 Å². The standard InChI is InChI=1S/C17H14N2O2S/c1-19-16(20)15(22-17(19)21)18-14(12-8-4-2-5-9-12)13-10-6-3-7-11-13/h2-11,15H,1H3. The smallest absolute Gasteiger partial charge is 0.274 e. The first-order valence-corrected chi connectivity index (χ1v) is 7.71. The lowest BCUT2D eigenvalue weighted by molar-refractivity contribution is -0.125. The molecule has 3 rings (SSSR count). The zero-order chi connectivity index (χ0) is 15.5. The molecule has 2 aromatic rings. The van der Waals surface area contributed by atoms with Crippen molar-refractivity contribution in [1.29, 1.82) is 0 Å². The van der Waals surface area contributed by atoms with Gasteiger partial charge in [-0.1, -0.05) is 60.7 Å². The van der Waals surface area contributed by atoms with Gasteiger partial charge in [-0.25, -0.2) is 0 Å². The summed E-state index contributed by atoms with van der Waals surface area (Å²) in [7, 11) is 1.48. The van der Waals surface area contributed by atoms with Gasteiger partial charge < -0.3 is 0 Å². The number of hydrogen-bond acceptors (Lipinski definition) is 4. The third-order valence-electron chi connectivity index (χ3n) is 3.37. The molecule has 22 heavy (non-hydrogen) atoms. The van der Waals surface area contributed by atoms with Gasteiger partial charge in [-0.3, -0.25) is 19.5 Å². The summed E-state index contributed by atoms with van der Waals surface area (Å²) in [5.41, 5.74) is 2.56. The van der Waals surface area contributed by atoms with E-state index in [9.17, 15) is 9.59 Å². The molecule has 4 nitrogen and oxygen atoms in total. The predicted molar refractivity (Wildman–Crippen MR) is 88.1 cm³/mol. The van der Waals surface area contributed by atoms with Gasteiger partial charge in [0.05, 0.1) is 5.71 Å².